The second kappa shape index (κ2) is 21.3. The molecule has 1 saturated heterocycles. The van der Waals surface area contributed by atoms with Crippen LogP contribution >= 0.6 is 11.3 Å². The van der Waals surface area contributed by atoms with E-state index in [-0.39, 0.29) is 54.6 Å². The third-order valence-electron chi connectivity index (χ3n) is 10.4. The quantitative estimate of drug-likeness (QED) is 0.137. The first kappa shape index (κ1) is 44.5. The van der Waals surface area contributed by atoms with Gasteiger partial charge in [-0.2, -0.15) is 0 Å². The standard InChI is InChI=1S/C40H60FN5O7S/c1-9-18-46(39(50)35(25(5)10-2)44-37(49)32-13-11-12-19-45(32)8)33(24(3)4)22-34(53-27(7)47)38-43-31(23-54-38)36(48)42-30(20-26(6)40(51)52)21-28-14-16-29(41)17-15-28/h14-17,23-26,30,32-35H,9-13,18-22H2,1-8H3,(H,42,48)(H,44,49)(H,51,52)/t25?,26-,30+,32+,33+,34+,35-/m0/s1. The minimum absolute atomic E-state index is 0.0671. The Labute approximate surface area is 323 Å². The Bertz CT molecular complexity index is 1550. The van der Waals surface area contributed by atoms with Crippen LogP contribution in [-0.4, -0.2) is 93.9 Å². The molecule has 2 heterocycles. The van der Waals surface area contributed by atoms with Gasteiger partial charge in [0.25, 0.3) is 5.91 Å². The normalized spacial score (nSPS) is 18.1. The highest BCUT2D eigenvalue weighted by molar-refractivity contribution is 7.09. The van der Waals surface area contributed by atoms with E-state index in [4.69, 9.17) is 4.74 Å². The molecule has 1 unspecified atom stereocenters. The van der Waals surface area contributed by atoms with Gasteiger partial charge in [-0.25, -0.2) is 9.37 Å². The fraction of sp³-hybridized carbons (Fsp3) is 0.650. The molecule has 54 heavy (non-hydrogen) atoms. The molecule has 0 radical (unpaired) electrons. The lowest BCUT2D eigenvalue weighted by atomic mass is 9.92. The second-order valence-corrected chi connectivity index (χ2v) is 16.0. The number of likely N-dealkylation sites (tertiary alicyclic amines) is 1. The Balaban J connectivity index is 1.88. The van der Waals surface area contributed by atoms with Crippen LogP contribution in [0.1, 0.15) is 121 Å². The number of hydrogen-bond donors (Lipinski definition) is 3. The van der Waals surface area contributed by atoms with E-state index in [0.29, 0.717) is 24.4 Å². The Hall–Kier alpha value is -3.91. The van der Waals surface area contributed by atoms with Gasteiger partial charge in [0, 0.05) is 37.4 Å². The lowest BCUT2D eigenvalue weighted by molar-refractivity contribution is -0.150. The van der Waals surface area contributed by atoms with Gasteiger partial charge in [-0.15, -0.1) is 11.3 Å². The zero-order chi connectivity index (χ0) is 40.1. The molecule has 0 aliphatic carbocycles. The van der Waals surface area contributed by atoms with E-state index in [1.165, 1.54) is 19.1 Å². The van der Waals surface area contributed by atoms with Crippen molar-refractivity contribution in [3.05, 3.63) is 51.7 Å². The van der Waals surface area contributed by atoms with Crippen LogP contribution < -0.4 is 10.6 Å². The summed E-state index contributed by atoms with van der Waals surface area (Å²) in [6, 6.07) is 3.80. The summed E-state index contributed by atoms with van der Waals surface area (Å²) >= 11 is 1.16. The van der Waals surface area contributed by atoms with Gasteiger partial charge in [-0.1, -0.05) is 66.5 Å². The van der Waals surface area contributed by atoms with Crippen LogP contribution in [0.5, 0.6) is 0 Å². The first-order valence-corrected chi connectivity index (χ1v) is 20.2. The Morgan fingerprint density at radius 3 is 2.31 bits per heavy atom. The van der Waals surface area contributed by atoms with Gasteiger partial charge < -0.3 is 25.4 Å². The lowest BCUT2D eigenvalue weighted by Gasteiger charge is -2.40. The minimum atomic E-state index is -1.00. The lowest BCUT2D eigenvalue weighted by Crippen LogP contribution is -2.58. The summed E-state index contributed by atoms with van der Waals surface area (Å²) in [6.45, 7) is 14.1. The zero-order valence-electron chi connectivity index (χ0n) is 33.1. The van der Waals surface area contributed by atoms with Crippen molar-refractivity contribution in [2.75, 3.05) is 20.1 Å². The van der Waals surface area contributed by atoms with E-state index in [9.17, 15) is 33.5 Å². The smallest absolute Gasteiger partial charge is 0.306 e. The van der Waals surface area contributed by atoms with Crippen molar-refractivity contribution in [2.45, 2.75) is 130 Å². The molecule has 1 aliphatic rings. The fourth-order valence-corrected chi connectivity index (χ4v) is 7.84. The minimum Gasteiger partial charge on any atom is -0.481 e. The summed E-state index contributed by atoms with van der Waals surface area (Å²) in [7, 11) is 1.94. The van der Waals surface area contributed by atoms with E-state index in [1.807, 2.05) is 51.5 Å². The van der Waals surface area contributed by atoms with Gasteiger partial charge >= 0.3 is 11.9 Å². The highest BCUT2D eigenvalue weighted by atomic mass is 32.1. The Kier molecular flexibility index (Phi) is 17.5. The number of amides is 3. The van der Waals surface area contributed by atoms with Crippen molar-refractivity contribution < 1.29 is 38.2 Å². The third kappa shape index (κ3) is 12.9. The summed E-state index contributed by atoms with van der Waals surface area (Å²) in [5.74, 6) is -3.74. The van der Waals surface area contributed by atoms with Crippen LogP contribution in [0.3, 0.4) is 0 Å². The van der Waals surface area contributed by atoms with Crippen molar-refractivity contribution in [2.24, 2.45) is 17.8 Å². The Morgan fingerprint density at radius 1 is 1.06 bits per heavy atom. The van der Waals surface area contributed by atoms with Gasteiger partial charge in [-0.05, 0) is 75.2 Å². The number of aromatic nitrogens is 1. The number of carboxylic acids is 1. The number of esters is 1. The van der Waals surface area contributed by atoms with E-state index in [0.717, 1.165) is 42.7 Å². The van der Waals surface area contributed by atoms with Gasteiger partial charge in [0.1, 0.15) is 22.6 Å². The maximum atomic E-state index is 14.6. The van der Waals surface area contributed by atoms with Crippen LogP contribution in [0.15, 0.2) is 29.6 Å². The average molecular weight is 774 g/mol. The molecule has 3 N–H and O–H groups in total. The SMILES string of the molecule is CCCN(C(=O)[C@@H](NC(=O)[C@H]1CCCCN1C)C(C)CC)[C@H](C[C@@H](OC(C)=O)c1nc(C(=O)N[C@@H](Cc2ccc(F)cc2)C[C@H](C)C(=O)O)cs1)C(C)C. The van der Waals surface area contributed by atoms with Crippen molar-refractivity contribution in [3.8, 4) is 0 Å². The first-order chi connectivity index (χ1) is 25.6. The molecule has 0 spiro atoms. The molecule has 1 aromatic heterocycles. The number of carbonyl (C=O) groups is 5. The number of thiazole rings is 1. The van der Waals surface area contributed by atoms with Crippen molar-refractivity contribution in [3.63, 3.8) is 0 Å². The number of halogens is 1. The van der Waals surface area contributed by atoms with Crippen LogP contribution in [0.2, 0.25) is 0 Å². The summed E-state index contributed by atoms with van der Waals surface area (Å²) in [5.41, 5.74) is 0.810. The molecule has 7 atom stereocenters. The monoisotopic (exact) mass is 773 g/mol. The number of ether oxygens (including phenoxy) is 1. The number of carbonyl (C=O) groups excluding carboxylic acids is 4. The van der Waals surface area contributed by atoms with Crippen LogP contribution in [-0.2, 0) is 30.3 Å². The van der Waals surface area contributed by atoms with Gasteiger partial charge in [0.05, 0.1) is 12.0 Å². The van der Waals surface area contributed by atoms with Gasteiger partial charge in [0.15, 0.2) is 6.10 Å². The van der Waals surface area contributed by atoms with E-state index in [1.54, 1.807) is 24.4 Å². The Morgan fingerprint density at radius 2 is 1.74 bits per heavy atom. The number of hydrogen-bond acceptors (Lipinski definition) is 9. The van der Waals surface area contributed by atoms with E-state index < -0.39 is 53.8 Å². The van der Waals surface area contributed by atoms with Gasteiger partial charge in [-0.3, -0.25) is 28.9 Å². The average Bonchev–Trinajstić information content (AvgIpc) is 3.62. The number of nitrogens with one attached hydrogen (secondary N) is 2. The molecule has 1 aliphatic heterocycles. The third-order valence-corrected chi connectivity index (χ3v) is 11.3. The van der Waals surface area contributed by atoms with Crippen LogP contribution in [0.25, 0.3) is 0 Å². The number of benzene rings is 1. The highest BCUT2D eigenvalue weighted by Crippen LogP contribution is 2.32. The fourth-order valence-electron chi connectivity index (χ4n) is 7.00. The van der Waals surface area contributed by atoms with Crippen LogP contribution in [0, 0.1) is 23.6 Å². The first-order valence-electron chi connectivity index (χ1n) is 19.3. The number of rotatable bonds is 20. The largest absolute Gasteiger partial charge is 0.481 e. The number of piperidine rings is 1. The predicted octanol–water partition coefficient (Wildman–Crippen LogP) is 6.01. The second-order valence-electron chi connectivity index (χ2n) is 15.1. The number of likely N-dealkylation sites (N-methyl/N-ethyl adjacent to an activating group) is 1. The molecular formula is C40H60FN5O7S. The zero-order valence-corrected chi connectivity index (χ0v) is 33.9. The van der Waals surface area contributed by atoms with Crippen LogP contribution in [0.4, 0.5) is 4.39 Å². The topological polar surface area (TPSA) is 158 Å². The molecule has 1 aromatic carbocycles. The van der Waals surface area contributed by atoms with E-state index in [2.05, 4.69) is 15.6 Å². The molecule has 14 heteroatoms. The predicted molar refractivity (Wildman–Crippen MR) is 206 cm³/mol. The summed E-state index contributed by atoms with van der Waals surface area (Å²) in [4.78, 5) is 74.2. The molecule has 12 nitrogen and oxygen atoms in total. The van der Waals surface area contributed by atoms with Gasteiger partial charge in [0.2, 0.25) is 11.8 Å². The molecule has 0 bridgehead atoms. The van der Waals surface area contributed by atoms with Crippen molar-refractivity contribution in [1.82, 2.24) is 25.4 Å². The molecule has 3 amide bonds. The number of carboxylic acid groups (broad SMARTS) is 1. The molecular weight excluding hydrogens is 714 g/mol. The number of nitrogens with zero attached hydrogens (tertiary/aromatic N) is 3. The molecule has 0 saturated carbocycles. The van der Waals surface area contributed by atoms with Crippen molar-refractivity contribution in [1.29, 1.82) is 0 Å². The maximum absolute atomic E-state index is 14.6. The molecule has 1 fully saturated rings. The summed E-state index contributed by atoms with van der Waals surface area (Å²) < 4.78 is 19.4. The van der Waals surface area contributed by atoms with E-state index >= 15 is 0 Å². The molecule has 3 rings (SSSR count). The summed E-state index contributed by atoms with van der Waals surface area (Å²) in [6.07, 6.45) is 3.85. The molecule has 2 aromatic rings. The number of aliphatic carboxylic acids is 1. The highest BCUT2D eigenvalue weighted by Gasteiger charge is 2.38. The summed E-state index contributed by atoms with van der Waals surface area (Å²) in [5, 5.41) is 17.5. The molecule has 300 valence electrons. The maximum Gasteiger partial charge on any atom is 0.306 e. The van der Waals surface area contributed by atoms with Crippen molar-refractivity contribution >= 4 is 41.0 Å².